The molecule has 0 N–H and O–H groups in total. The van der Waals surface area contributed by atoms with Gasteiger partial charge in [-0.1, -0.05) is 25.1 Å². The van der Waals surface area contributed by atoms with E-state index in [4.69, 9.17) is 0 Å². The molecule has 0 spiro atoms. The Hall–Kier alpha value is -1.62. The van der Waals surface area contributed by atoms with Crippen molar-refractivity contribution in [1.29, 1.82) is 0 Å². The smallest absolute Gasteiger partial charge is 0.294 e. The predicted octanol–water partition coefficient (Wildman–Crippen LogP) is 4.75. The molecule has 106 valence electrons. The number of carbonyl (C=O) groups is 1. The summed E-state index contributed by atoms with van der Waals surface area (Å²) in [6, 6.07) is 8.63. The van der Waals surface area contributed by atoms with Crippen molar-refractivity contribution in [3.8, 4) is 0 Å². The molecule has 1 aromatic heterocycles. The molecule has 0 atom stereocenters. The summed E-state index contributed by atoms with van der Waals surface area (Å²) in [7, 11) is 0. The second-order valence-electron chi connectivity index (χ2n) is 4.36. The summed E-state index contributed by atoms with van der Waals surface area (Å²) in [6.07, 6.45) is -3.63. The van der Waals surface area contributed by atoms with Crippen LogP contribution in [0.25, 0.3) is 0 Å². The summed E-state index contributed by atoms with van der Waals surface area (Å²) in [5.41, 5.74) is -1.12. The highest BCUT2D eigenvalue weighted by atomic mass is 32.1. The van der Waals surface area contributed by atoms with Crippen LogP contribution in [0.2, 0.25) is 0 Å². The molecule has 20 heavy (non-hydrogen) atoms. The third-order valence-corrected chi connectivity index (χ3v) is 4.16. The van der Waals surface area contributed by atoms with Gasteiger partial charge in [0.1, 0.15) is 0 Å². The molecule has 0 radical (unpaired) electrons. The van der Waals surface area contributed by atoms with Crippen molar-refractivity contribution in [2.75, 3.05) is 0 Å². The first-order chi connectivity index (χ1) is 9.41. The van der Waals surface area contributed by atoms with Crippen molar-refractivity contribution in [3.05, 3.63) is 57.3 Å². The maximum Gasteiger partial charge on any atom is 0.417 e. The molecule has 2 aromatic rings. The number of Topliss-reactive ketones (excluding diaryl/α,β-unsaturated/α-hetero) is 1. The molecule has 0 aliphatic carbocycles. The van der Waals surface area contributed by atoms with Crippen LogP contribution in [0, 0.1) is 0 Å². The summed E-state index contributed by atoms with van der Waals surface area (Å²) >= 11 is 1.47. The number of carbonyl (C=O) groups excluding carboxylic acids is 1. The van der Waals surface area contributed by atoms with E-state index in [2.05, 4.69) is 0 Å². The van der Waals surface area contributed by atoms with E-state index in [-0.39, 0.29) is 12.0 Å². The lowest BCUT2D eigenvalue weighted by Crippen LogP contribution is -2.14. The van der Waals surface area contributed by atoms with Crippen LogP contribution in [0.15, 0.2) is 36.4 Å². The van der Waals surface area contributed by atoms with Crippen LogP contribution in [-0.2, 0) is 19.0 Å². The Labute approximate surface area is 119 Å². The van der Waals surface area contributed by atoms with Gasteiger partial charge in [-0.15, -0.1) is 11.3 Å². The molecule has 0 aliphatic heterocycles. The molecule has 5 heteroatoms. The van der Waals surface area contributed by atoms with Crippen molar-refractivity contribution in [1.82, 2.24) is 0 Å². The monoisotopic (exact) mass is 298 g/mol. The number of benzene rings is 1. The van der Waals surface area contributed by atoms with Gasteiger partial charge in [0.15, 0.2) is 5.78 Å². The zero-order chi connectivity index (χ0) is 14.8. The first-order valence-electron chi connectivity index (χ1n) is 6.19. The second kappa shape index (κ2) is 5.79. The van der Waals surface area contributed by atoms with Crippen molar-refractivity contribution in [2.24, 2.45) is 0 Å². The van der Waals surface area contributed by atoms with Crippen LogP contribution in [0.1, 0.15) is 32.6 Å². The lowest BCUT2D eigenvalue weighted by molar-refractivity contribution is -0.137. The number of aryl methyl sites for hydroxylation is 1. The number of alkyl halides is 3. The number of hydrogen-bond donors (Lipinski definition) is 0. The summed E-state index contributed by atoms with van der Waals surface area (Å²) in [6.45, 7) is 2.00. The molecule has 0 bridgehead atoms. The van der Waals surface area contributed by atoms with Gasteiger partial charge in [0, 0.05) is 21.7 Å². The van der Waals surface area contributed by atoms with Crippen LogP contribution in [0.5, 0.6) is 0 Å². The maximum atomic E-state index is 12.9. The number of rotatable bonds is 4. The van der Waals surface area contributed by atoms with Gasteiger partial charge in [-0.25, -0.2) is 0 Å². The van der Waals surface area contributed by atoms with E-state index in [0.717, 1.165) is 22.2 Å². The van der Waals surface area contributed by atoms with Crippen molar-refractivity contribution in [2.45, 2.75) is 25.9 Å². The van der Waals surface area contributed by atoms with E-state index in [1.807, 2.05) is 13.0 Å². The number of halogens is 3. The van der Waals surface area contributed by atoms with Crippen LogP contribution < -0.4 is 0 Å². The largest absolute Gasteiger partial charge is 0.417 e. The van der Waals surface area contributed by atoms with Crippen LogP contribution in [0.3, 0.4) is 0 Å². The molecule has 1 nitrogen and oxygen atoms in total. The van der Waals surface area contributed by atoms with E-state index in [1.165, 1.54) is 29.5 Å². The fourth-order valence-electron chi connectivity index (χ4n) is 1.93. The third-order valence-electron chi connectivity index (χ3n) is 2.93. The Bertz CT molecular complexity index is 614. The van der Waals surface area contributed by atoms with Crippen molar-refractivity contribution < 1.29 is 18.0 Å². The quantitative estimate of drug-likeness (QED) is 0.744. The van der Waals surface area contributed by atoms with Gasteiger partial charge in [0.25, 0.3) is 0 Å². The minimum absolute atomic E-state index is 0.0117. The Balaban J connectivity index is 2.25. The van der Waals surface area contributed by atoms with E-state index in [1.54, 1.807) is 6.07 Å². The van der Waals surface area contributed by atoms with E-state index >= 15 is 0 Å². The minimum Gasteiger partial charge on any atom is -0.294 e. The fourth-order valence-corrected chi connectivity index (χ4v) is 2.89. The van der Waals surface area contributed by atoms with E-state index in [0.29, 0.717) is 0 Å². The normalized spacial score (nSPS) is 11.6. The first kappa shape index (κ1) is 14.8. The van der Waals surface area contributed by atoms with Gasteiger partial charge >= 0.3 is 6.18 Å². The standard InChI is InChI=1S/C15H13F3OS/c1-2-10-7-8-11(20-10)9-14(19)12-5-3-4-6-13(12)15(16,17)18/h3-8H,2,9H2,1H3. The van der Waals surface area contributed by atoms with Gasteiger partial charge in [-0.3, -0.25) is 4.79 Å². The SMILES string of the molecule is CCc1ccc(CC(=O)c2ccccc2C(F)(F)F)s1. The highest BCUT2D eigenvalue weighted by Crippen LogP contribution is 2.32. The molecule has 0 saturated carbocycles. The molecule has 0 amide bonds. The predicted molar refractivity (Wildman–Crippen MR) is 73.2 cm³/mol. The zero-order valence-corrected chi connectivity index (χ0v) is 11.6. The molecule has 0 aliphatic rings. The number of thiophene rings is 1. The Morgan fingerprint density at radius 1 is 1.10 bits per heavy atom. The highest BCUT2D eigenvalue weighted by Gasteiger charge is 2.34. The fraction of sp³-hybridized carbons (Fsp3) is 0.267. The van der Waals surface area contributed by atoms with Gasteiger partial charge < -0.3 is 0 Å². The molecule has 0 unspecified atom stereocenters. The van der Waals surface area contributed by atoms with Crippen LogP contribution in [0.4, 0.5) is 13.2 Å². The molecule has 0 saturated heterocycles. The summed E-state index contributed by atoms with van der Waals surface area (Å²) in [5.74, 6) is -0.498. The minimum atomic E-state index is -4.50. The average Bonchev–Trinajstić information content (AvgIpc) is 2.85. The van der Waals surface area contributed by atoms with Crippen LogP contribution >= 0.6 is 11.3 Å². The zero-order valence-electron chi connectivity index (χ0n) is 10.8. The summed E-state index contributed by atoms with van der Waals surface area (Å²) in [5, 5.41) is 0. The number of ketones is 1. The summed E-state index contributed by atoms with van der Waals surface area (Å²) in [4.78, 5) is 14.0. The number of hydrogen-bond acceptors (Lipinski definition) is 2. The van der Waals surface area contributed by atoms with E-state index < -0.39 is 17.5 Å². The molecule has 1 aromatic carbocycles. The molecular weight excluding hydrogens is 285 g/mol. The average molecular weight is 298 g/mol. The van der Waals surface area contributed by atoms with Gasteiger partial charge in [0.2, 0.25) is 0 Å². The van der Waals surface area contributed by atoms with Gasteiger partial charge in [-0.2, -0.15) is 13.2 Å². The van der Waals surface area contributed by atoms with Gasteiger partial charge in [0.05, 0.1) is 5.56 Å². The summed E-state index contributed by atoms with van der Waals surface area (Å²) < 4.78 is 38.6. The lowest BCUT2D eigenvalue weighted by atomic mass is 10.0. The van der Waals surface area contributed by atoms with E-state index in [9.17, 15) is 18.0 Å². The van der Waals surface area contributed by atoms with Crippen molar-refractivity contribution in [3.63, 3.8) is 0 Å². The molecule has 0 fully saturated rings. The van der Waals surface area contributed by atoms with Crippen LogP contribution in [-0.4, -0.2) is 5.78 Å². The topological polar surface area (TPSA) is 17.1 Å². The van der Waals surface area contributed by atoms with Gasteiger partial charge in [-0.05, 0) is 24.6 Å². The Morgan fingerprint density at radius 2 is 1.75 bits per heavy atom. The third kappa shape index (κ3) is 3.28. The lowest BCUT2D eigenvalue weighted by Gasteiger charge is -2.11. The molecule has 2 rings (SSSR count). The maximum absolute atomic E-state index is 12.9. The Kier molecular flexibility index (Phi) is 4.28. The molecular formula is C15H13F3OS. The van der Waals surface area contributed by atoms with Crippen molar-refractivity contribution >= 4 is 17.1 Å². The molecule has 1 heterocycles. The highest BCUT2D eigenvalue weighted by molar-refractivity contribution is 7.12. The Morgan fingerprint density at radius 3 is 2.35 bits per heavy atom. The second-order valence-corrected chi connectivity index (χ2v) is 5.62. The first-order valence-corrected chi connectivity index (χ1v) is 7.00.